The van der Waals surface area contributed by atoms with E-state index in [9.17, 15) is 19.2 Å². The van der Waals surface area contributed by atoms with Crippen molar-refractivity contribution in [1.82, 2.24) is 5.32 Å². The van der Waals surface area contributed by atoms with Crippen molar-refractivity contribution in [1.29, 1.82) is 0 Å². The highest BCUT2D eigenvalue weighted by atomic mass is 16.7. The molecule has 10 heteroatoms. The summed E-state index contributed by atoms with van der Waals surface area (Å²) < 4.78 is 16.2. The number of ether oxygens (including phenoxy) is 2. The van der Waals surface area contributed by atoms with Gasteiger partial charge in [0.2, 0.25) is 6.79 Å². The van der Waals surface area contributed by atoms with Gasteiger partial charge in [-0.3, -0.25) is 14.9 Å². The molecule has 0 saturated carbocycles. The SMILES string of the molecule is O=C1NC(=O)N(c2ccc3c(c2)OCO3)C(=O)/C1=C\c1ccc(-c2ccc(C(=O)O)cc2)o1. The number of imide groups is 2. The van der Waals surface area contributed by atoms with Crippen LogP contribution in [0.2, 0.25) is 0 Å². The first-order valence-electron chi connectivity index (χ1n) is 9.65. The van der Waals surface area contributed by atoms with Crippen LogP contribution in [-0.2, 0) is 9.59 Å². The Kier molecular flexibility index (Phi) is 4.67. The average molecular weight is 446 g/mol. The molecule has 1 saturated heterocycles. The summed E-state index contributed by atoms with van der Waals surface area (Å²) in [5.74, 6) is -1.26. The Bertz CT molecular complexity index is 1350. The van der Waals surface area contributed by atoms with Crippen LogP contribution in [0.15, 0.2) is 64.6 Å². The Morgan fingerprint density at radius 1 is 0.970 bits per heavy atom. The zero-order valence-electron chi connectivity index (χ0n) is 16.7. The number of benzene rings is 2. The highest BCUT2D eigenvalue weighted by molar-refractivity contribution is 6.39. The second-order valence-electron chi connectivity index (χ2n) is 7.08. The van der Waals surface area contributed by atoms with Crippen molar-refractivity contribution in [2.45, 2.75) is 0 Å². The maximum absolute atomic E-state index is 13.0. The van der Waals surface area contributed by atoms with Gasteiger partial charge in [-0.25, -0.2) is 14.5 Å². The van der Waals surface area contributed by atoms with E-state index in [1.165, 1.54) is 30.3 Å². The number of aromatic carboxylic acids is 1. The van der Waals surface area contributed by atoms with E-state index >= 15 is 0 Å². The summed E-state index contributed by atoms with van der Waals surface area (Å²) in [7, 11) is 0. The topological polar surface area (TPSA) is 135 Å². The molecule has 1 aromatic heterocycles. The van der Waals surface area contributed by atoms with Crippen LogP contribution < -0.4 is 19.7 Å². The van der Waals surface area contributed by atoms with E-state index in [2.05, 4.69) is 5.32 Å². The fourth-order valence-corrected chi connectivity index (χ4v) is 3.42. The molecule has 2 aliphatic rings. The highest BCUT2D eigenvalue weighted by Gasteiger charge is 2.37. The number of nitrogens with one attached hydrogen (secondary N) is 1. The smallest absolute Gasteiger partial charge is 0.335 e. The first-order valence-corrected chi connectivity index (χ1v) is 9.65. The number of carboxylic acids is 1. The van der Waals surface area contributed by atoms with Crippen LogP contribution in [0.4, 0.5) is 10.5 Å². The van der Waals surface area contributed by atoms with E-state index in [1.807, 2.05) is 0 Å². The van der Waals surface area contributed by atoms with Crippen LogP contribution in [-0.4, -0.2) is 35.7 Å². The molecule has 3 aromatic rings. The maximum atomic E-state index is 13.0. The van der Waals surface area contributed by atoms with Crippen LogP contribution in [0.1, 0.15) is 16.1 Å². The predicted octanol–water partition coefficient (Wildman–Crippen LogP) is 3.04. The molecule has 10 nitrogen and oxygen atoms in total. The first-order chi connectivity index (χ1) is 15.9. The van der Waals surface area contributed by atoms with Crippen molar-refractivity contribution >= 4 is 35.6 Å². The molecule has 0 unspecified atom stereocenters. The van der Waals surface area contributed by atoms with E-state index in [-0.39, 0.29) is 29.4 Å². The molecule has 2 N–H and O–H groups in total. The molecular formula is C23H14N2O8. The molecule has 0 atom stereocenters. The van der Waals surface area contributed by atoms with Crippen LogP contribution >= 0.6 is 0 Å². The van der Waals surface area contributed by atoms with Gasteiger partial charge in [-0.05, 0) is 42.5 Å². The number of carboxylic acid groups (broad SMARTS) is 1. The van der Waals surface area contributed by atoms with Gasteiger partial charge in [-0.2, -0.15) is 0 Å². The number of fused-ring (bicyclic) bond motifs is 1. The van der Waals surface area contributed by atoms with Gasteiger partial charge < -0.3 is 19.0 Å². The molecule has 164 valence electrons. The quantitative estimate of drug-likeness (QED) is 0.461. The summed E-state index contributed by atoms with van der Waals surface area (Å²) in [6, 6.07) is 12.9. The first kappa shape index (κ1) is 20.1. The summed E-state index contributed by atoms with van der Waals surface area (Å²) >= 11 is 0. The number of hydrogen-bond acceptors (Lipinski definition) is 7. The number of carbonyl (C=O) groups excluding carboxylic acids is 3. The lowest BCUT2D eigenvalue weighted by Gasteiger charge is -2.26. The third-order valence-electron chi connectivity index (χ3n) is 5.05. The van der Waals surface area contributed by atoms with Gasteiger partial charge in [0.05, 0.1) is 11.3 Å². The Balaban J connectivity index is 1.44. The summed E-state index contributed by atoms with van der Waals surface area (Å²) in [4.78, 5) is 49.6. The number of barbiturate groups is 1. The second kappa shape index (κ2) is 7.68. The molecule has 33 heavy (non-hydrogen) atoms. The lowest BCUT2D eigenvalue weighted by atomic mass is 10.1. The van der Waals surface area contributed by atoms with Crippen LogP contribution in [0.25, 0.3) is 17.4 Å². The van der Waals surface area contributed by atoms with E-state index in [0.717, 1.165) is 4.90 Å². The van der Waals surface area contributed by atoms with E-state index in [1.54, 1.807) is 30.3 Å². The van der Waals surface area contributed by atoms with Crippen molar-refractivity contribution in [2.75, 3.05) is 11.7 Å². The van der Waals surface area contributed by atoms with Crippen molar-refractivity contribution in [2.24, 2.45) is 0 Å². The zero-order valence-corrected chi connectivity index (χ0v) is 16.7. The van der Waals surface area contributed by atoms with E-state index < -0.39 is 23.8 Å². The van der Waals surface area contributed by atoms with Gasteiger partial charge >= 0.3 is 12.0 Å². The Morgan fingerprint density at radius 3 is 2.48 bits per heavy atom. The largest absolute Gasteiger partial charge is 0.478 e. The number of amides is 4. The molecule has 0 aliphatic carbocycles. The third kappa shape index (κ3) is 3.59. The Morgan fingerprint density at radius 2 is 1.73 bits per heavy atom. The standard InChI is InChI=1S/C23H14N2O8/c26-20-16(10-15-6-8-17(33-15)12-1-3-13(4-2-12)22(28)29)21(27)25(23(30)24-20)14-5-7-18-19(9-14)32-11-31-18/h1-10H,11H2,(H,28,29)(H,24,26,30)/b16-10-. The summed E-state index contributed by atoms with van der Waals surface area (Å²) in [5.41, 5.74) is 0.653. The molecule has 0 radical (unpaired) electrons. The minimum absolute atomic E-state index is 0.0302. The summed E-state index contributed by atoms with van der Waals surface area (Å²) in [5, 5.41) is 11.1. The zero-order chi connectivity index (χ0) is 23.1. The Labute approximate surface area is 185 Å². The molecule has 1 fully saturated rings. The number of nitrogens with zero attached hydrogens (tertiary/aromatic N) is 1. The van der Waals surface area contributed by atoms with Crippen molar-refractivity contribution in [3.8, 4) is 22.8 Å². The fourth-order valence-electron chi connectivity index (χ4n) is 3.42. The van der Waals surface area contributed by atoms with E-state index in [4.69, 9.17) is 19.0 Å². The van der Waals surface area contributed by atoms with Gasteiger partial charge in [0.25, 0.3) is 11.8 Å². The third-order valence-corrected chi connectivity index (χ3v) is 5.05. The number of furan rings is 1. The number of carbonyl (C=O) groups is 4. The molecule has 2 aliphatic heterocycles. The van der Waals surface area contributed by atoms with Crippen LogP contribution in [0.5, 0.6) is 11.5 Å². The molecule has 3 heterocycles. The molecular weight excluding hydrogens is 432 g/mol. The fraction of sp³-hybridized carbons (Fsp3) is 0.0435. The lowest BCUT2D eigenvalue weighted by Crippen LogP contribution is -2.54. The van der Waals surface area contributed by atoms with E-state index in [0.29, 0.717) is 22.8 Å². The number of rotatable bonds is 4. The monoisotopic (exact) mass is 446 g/mol. The highest BCUT2D eigenvalue weighted by Crippen LogP contribution is 2.36. The van der Waals surface area contributed by atoms with Crippen molar-refractivity contribution < 1.29 is 38.2 Å². The second-order valence-corrected chi connectivity index (χ2v) is 7.08. The van der Waals surface area contributed by atoms with Crippen molar-refractivity contribution in [3.05, 3.63) is 71.5 Å². The molecule has 0 spiro atoms. The minimum Gasteiger partial charge on any atom is -0.478 e. The van der Waals surface area contributed by atoms with Gasteiger partial charge in [0.1, 0.15) is 17.1 Å². The summed E-state index contributed by atoms with van der Waals surface area (Å²) in [6.45, 7) is 0.0302. The molecule has 4 amide bonds. The molecule has 0 bridgehead atoms. The maximum Gasteiger partial charge on any atom is 0.335 e. The van der Waals surface area contributed by atoms with Gasteiger partial charge in [-0.15, -0.1) is 0 Å². The molecule has 5 rings (SSSR count). The number of hydrogen-bond donors (Lipinski definition) is 2. The van der Waals surface area contributed by atoms with Gasteiger partial charge in [0, 0.05) is 11.6 Å². The lowest BCUT2D eigenvalue weighted by molar-refractivity contribution is -0.122. The normalized spacial score (nSPS) is 16.3. The average Bonchev–Trinajstić information content (AvgIpc) is 3.46. The van der Waals surface area contributed by atoms with Crippen LogP contribution in [0.3, 0.4) is 0 Å². The number of anilines is 1. The predicted molar refractivity (Wildman–Crippen MR) is 113 cm³/mol. The number of urea groups is 1. The minimum atomic E-state index is -1.05. The van der Waals surface area contributed by atoms with Crippen LogP contribution in [0, 0.1) is 0 Å². The van der Waals surface area contributed by atoms with Crippen molar-refractivity contribution in [3.63, 3.8) is 0 Å². The Hall–Kier alpha value is -4.86. The molecule has 2 aromatic carbocycles. The van der Waals surface area contributed by atoms with Gasteiger partial charge in [-0.1, -0.05) is 12.1 Å². The van der Waals surface area contributed by atoms with Gasteiger partial charge in [0.15, 0.2) is 11.5 Å². The summed E-state index contributed by atoms with van der Waals surface area (Å²) in [6.07, 6.45) is 1.24.